The fraction of sp³-hybridized carbons (Fsp3) is 0.680. The van der Waals surface area contributed by atoms with Gasteiger partial charge in [-0.25, -0.2) is 9.59 Å². The number of nitrogens with two attached hydrogens (primary N) is 2. The topological polar surface area (TPSA) is 270 Å². The minimum Gasteiger partial charge on any atom is -0.496 e. The molecule has 0 saturated heterocycles. The monoisotopic (exact) mass is 1030 g/mol. The van der Waals surface area contributed by atoms with Gasteiger partial charge in [-0.15, -0.1) is 0 Å². The van der Waals surface area contributed by atoms with Crippen molar-refractivity contribution in [3.63, 3.8) is 0 Å². The highest BCUT2D eigenvalue weighted by molar-refractivity contribution is 6.00. The quantitative estimate of drug-likeness (QED) is 0.0587. The van der Waals surface area contributed by atoms with Crippen LogP contribution in [-0.4, -0.2) is 173 Å². The molecule has 0 fully saturated rings. The van der Waals surface area contributed by atoms with Gasteiger partial charge in [0.05, 0.1) is 113 Å². The minimum absolute atomic E-state index is 0.192. The first-order valence-electron chi connectivity index (χ1n) is 24.3. The van der Waals surface area contributed by atoms with Gasteiger partial charge in [0, 0.05) is 50.4 Å². The third kappa shape index (κ3) is 27.9. The molecule has 0 saturated carbocycles. The molecule has 7 N–H and O–H groups in total. The van der Waals surface area contributed by atoms with Gasteiger partial charge in [-0.1, -0.05) is 6.42 Å². The Balaban J connectivity index is 0.000000738. The van der Waals surface area contributed by atoms with Gasteiger partial charge in [-0.2, -0.15) is 0 Å². The first kappa shape index (κ1) is 64.5. The van der Waals surface area contributed by atoms with Gasteiger partial charge in [-0.3, -0.25) is 9.59 Å². The van der Waals surface area contributed by atoms with E-state index in [0.717, 1.165) is 12.8 Å². The van der Waals surface area contributed by atoms with E-state index in [1.54, 1.807) is 84.9 Å². The first-order chi connectivity index (χ1) is 34.3. The van der Waals surface area contributed by atoms with Gasteiger partial charge in [0.2, 0.25) is 5.91 Å². The first-order valence-corrected chi connectivity index (χ1v) is 24.3. The summed E-state index contributed by atoms with van der Waals surface area (Å²) >= 11 is 0. The molecule has 0 aromatic heterocycles. The SMILES string of the molecule is CCOc1cc(OC)c(C(=O)NCCOCCOCCNC(=O)OC(C)(C)C)c(OC)c1.CCOc1cc(OC)c(CN(CCOCCOCCNC(=O)OC(C)(C)C)C(=O)C(N)CCCCN)c(OC)c1. The number of nitrogens with zero attached hydrogens (tertiary/aromatic N) is 1. The second-order valence-electron chi connectivity index (χ2n) is 17.6. The van der Waals surface area contributed by atoms with E-state index in [-0.39, 0.29) is 25.0 Å². The maximum atomic E-state index is 13.3. The lowest BCUT2D eigenvalue weighted by Gasteiger charge is -2.27. The van der Waals surface area contributed by atoms with E-state index in [1.807, 2.05) is 13.8 Å². The Kier molecular flexibility index (Phi) is 32.6. The summed E-state index contributed by atoms with van der Waals surface area (Å²) in [6, 6.07) is 6.18. The zero-order chi connectivity index (χ0) is 54.0. The van der Waals surface area contributed by atoms with Gasteiger partial charge >= 0.3 is 12.2 Å². The highest BCUT2D eigenvalue weighted by atomic mass is 16.6. The average Bonchev–Trinajstić information content (AvgIpc) is 3.32. The lowest BCUT2D eigenvalue weighted by molar-refractivity contribution is -0.134. The fourth-order valence-electron chi connectivity index (χ4n) is 6.27. The molecule has 1 unspecified atom stereocenters. The van der Waals surface area contributed by atoms with Crippen molar-refractivity contribution >= 4 is 24.0 Å². The van der Waals surface area contributed by atoms with E-state index in [4.69, 9.17) is 68.3 Å². The summed E-state index contributed by atoms with van der Waals surface area (Å²) in [6.07, 6.45) is 1.14. The van der Waals surface area contributed by atoms with Crippen molar-refractivity contribution in [3.8, 4) is 34.5 Å². The second-order valence-corrected chi connectivity index (χ2v) is 17.6. The molecule has 2 aromatic carbocycles. The lowest BCUT2D eigenvalue weighted by atomic mass is 10.1. The third-order valence-corrected chi connectivity index (χ3v) is 9.47. The number of rotatable bonds is 34. The van der Waals surface area contributed by atoms with E-state index >= 15 is 0 Å². The van der Waals surface area contributed by atoms with Crippen molar-refractivity contribution in [1.82, 2.24) is 20.9 Å². The van der Waals surface area contributed by atoms with Gasteiger partial charge in [0.1, 0.15) is 51.3 Å². The van der Waals surface area contributed by atoms with Crippen LogP contribution in [0.4, 0.5) is 9.59 Å². The summed E-state index contributed by atoms with van der Waals surface area (Å²) in [5.41, 5.74) is 11.8. The Bertz CT molecular complexity index is 1810. The van der Waals surface area contributed by atoms with Crippen LogP contribution in [-0.2, 0) is 39.8 Å². The number of hydrogen-bond donors (Lipinski definition) is 5. The molecule has 0 bridgehead atoms. The van der Waals surface area contributed by atoms with E-state index in [9.17, 15) is 19.2 Å². The molecule has 0 aliphatic heterocycles. The van der Waals surface area contributed by atoms with Gasteiger partial charge in [0.25, 0.3) is 5.91 Å². The molecule has 1 atom stereocenters. The number of carbonyl (C=O) groups excluding carboxylic acids is 4. The number of methoxy groups -OCH3 is 4. The standard InChI is InChI=1S/C28H50N4O8.C22H36N2O8/c1-7-39-21-18-24(35-5)22(25(19-21)36-6)20-32(26(33)23(30)10-8-9-11-29)13-15-38-17-16-37-14-12-31-27(34)40-28(2,3)4;1-7-31-16-14-17(27-5)19(18(15-16)28-6)20(25)23-8-10-29-12-13-30-11-9-24-21(26)32-22(2,3)4/h18-19,23H,7-17,20,29-30H2,1-6H3,(H,31,34);14-15H,7-13H2,1-6H3,(H,23,25)(H,24,26). The van der Waals surface area contributed by atoms with Gasteiger partial charge in [-0.05, 0) is 74.8 Å². The second kappa shape index (κ2) is 36.4. The zero-order valence-electron chi connectivity index (χ0n) is 45.0. The van der Waals surface area contributed by atoms with Crippen molar-refractivity contribution in [1.29, 1.82) is 0 Å². The lowest BCUT2D eigenvalue weighted by Crippen LogP contribution is -2.45. The van der Waals surface area contributed by atoms with Gasteiger partial charge < -0.3 is 89.2 Å². The van der Waals surface area contributed by atoms with Gasteiger partial charge in [0.15, 0.2) is 0 Å². The molecular formula is C50H86N6O16. The Morgan fingerprint density at radius 3 is 1.38 bits per heavy atom. The third-order valence-electron chi connectivity index (χ3n) is 9.47. The number of amides is 4. The van der Waals surface area contributed by atoms with Crippen molar-refractivity contribution < 1.29 is 76.0 Å². The van der Waals surface area contributed by atoms with Crippen LogP contribution in [0.1, 0.15) is 90.6 Å². The van der Waals surface area contributed by atoms with Crippen LogP contribution >= 0.6 is 0 Å². The summed E-state index contributed by atoms with van der Waals surface area (Å²) in [4.78, 5) is 50.7. The van der Waals surface area contributed by atoms with Crippen molar-refractivity contribution in [3.05, 3.63) is 35.4 Å². The molecule has 0 radical (unpaired) electrons. The maximum Gasteiger partial charge on any atom is 0.407 e. The molecule has 0 aliphatic rings. The van der Waals surface area contributed by atoms with Crippen LogP contribution in [0.3, 0.4) is 0 Å². The number of nitrogens with one attached hydrogen (secondary N) is 3. The van der Waals surface area contributed by atoms with Crippen molar-refractivity contribution in [2.24, 2.45) is 11.5 Å². The molecule has 412 valence electrons. The van der Waals surface area contributed by atoms with Crippen LogP contribution in [0.15, 0.2) is 24.3 Å². The van der Waals surface area contributed by atoms with E-state index in [2.05, 4.69) is 16.0 Å². The van der Waals surface area contributed by atoms with E-state index in [0.29, 0.717) is 144 Å². The number of benzene rings is 2. The smallest absolute Gasteiger partial charge is 0.407 e. The molecule has 0 heterocycles. The highest BCUT2D eigenvalue weighted by Crippen LogP contribution is 2.36. The van der Waals surface area contributed by atoms with Crippen molar-refractivity contribution in [2.75, 3.05) is 127 Å². The van der Waals surface area contributed by atoms with E-state index < -0.39 is 29.4 Å². The highest BCUT2D eigenvalue weighted by Gasteiger charge is 2.25. The molecule has 2 rings (SSSR count). The van der Waals surface area contributed by atoms with Crippen LogP contribution in [0.5, 0.6) is 34.5 Å². The molecule has 4 amide bonds. The molecule has 22 heteroatoms. The Morgan fingerprint density at radius 2 is 0.986 bits per heavy atom. The predicted octanol–water partition coefficient (Wildman–Crippen LogP) is 4.84. The van der Waals surface area contributed by atoms with Crippen LogP contribution < -0.4 is 55.8 Å². The molecule has 72 heavy (non-hydrogen) atoms. The van der Waals surface area contributed by atoms with Crippen LogP contribution in [0.2, 0.25) is 0 Å². The predicted molar refractivity (Wildman–Crippen MR) is 272 cm³/mol. The number of alkyl carbamates (subject to hydrolysis) is 2. The Hall–Kier alpha value is -5.52. The molecule has 22 nitrogen and oxygen atoms in total. The molecular weight excluding hydrogens is 941 g/mol. The zero-order valence-corrected chi connectivity index (χ0v) is 45.0. The summed E-state index contributed by atoms with van der Waals surface area (Å²) in [5, 5.41) is 8.01. The largest absolute Gasteiger partial charge is 0.496 e. The van der Waals surface area contributed by atoms with Crippen LogP contribution in [0.25, 0.3) is 0 Å². The molecule has 0 aliphatic carbocycles. The fourth-order valence-corrected chi connectivity index (χ4v) is 6.27. The average molecular weight is 1030 g/mol. The normalized spacial score (nSPS) is 11.5. The van der Waals surface area contributed by atoms with Crippen molar-refractivity contribution in [2.45, 2.75) is 98.4 Å². The van der Waals surface area contributed by atoms with E-state index in [1.165, 1.54) is 14.2 Å². The molecule has 0 spiro atoms. The maximum absolute atomic E-state index is 13.3. The summed E-state index contributed by atoms with van der Waals surface area (Å²) in [5.74, 6) is 2.46. The number of unbranched alkanes of at least 4 members (excludes halogenated alkanes) is 1. The Labute approximate surface area is 426 Å². The van der Waals surface area contributed by atoms with Crippen LogP contribution in [0, 0.1) is 0 Å². The molecule has 2 aromatic rings. The summed E-state index contributed by atoms with van der Waals surface area (Å²) in [6.45, 7) is 20.2. The number of carbonyl (C=O) groups is 4. The summed E-state index contributed by atoms with van der Waals surface area (Å²) < 4.78 is 65.3. The summed E-state index contributed by atoms with van der Waals surface area (Å²) in [7, 11) is 6.08. The number of ether oxygens (including phenoxy) is 12. The minimum atomic E-state index is -0.660. The Morgan fingerprint density at radius 1 is 0.583 bits per heavy atom. The number of hydrogen-bond acceptors (Lipinski definition) is 18.